The molecule has 8 nitrogen and oxygen atoms in total. The summed E-state index contributed by atoms with van der Waals surface area (Å²) in [4.78, 5) is 18.2. The summed E-state index contributed by atoms with van der Waals surface area (Å²) in [5.41, 5.74) is 1.01. The summed E-state index contributed by atoms with van der Waals surface area (Å²) < 4.78 is 17.3. The van der Waals surface area contributed by atoms with Gasteiger partial charge in [0, 0.05) is 18.7 Å². The third kappa shape index (κ3) is 5.70. The molecule has 2 rings (SSSR count). The van der Waals surface area contributed by atoms with Crippen molar-refractivity contribution < 1.29 is 34.0 Å². The zero-order chi connectivity index (χ0) is 17.4. The number of rotatable bonds is 3. The van der Waals surface area contributed by atoms with Crippen molar-refractivity contribution in [2.75, 3.05) is 33.9 Å². The number of carbonyl (C=O) groups is 2. The maximum atomic E-state index is 9.10. The number of methoxy groups -OCH3 is 2. The van der Waals surface area contributed by atoms with Gasteiger partial charge >= 0.3 is 11.9 Å². The Labute approximate surface area is 141 Å². The number of hydrogen-bond acceptors (Lipinski definition) is 6. The number of morpholine rings is 1. The normalized spacial score (nSPS) is 16.7. The minimum atomic E-state index is -1.82. The SMILES string of the molecule is COc1cc(C2CNCCO2)c(OC)cc1Br.O=C(O)C(=O)O. The molecule has 1 aliphatic rings. The summed E-state index contributed by atoms with van der Waals surface area (Å²) in [5, 5.41) is 18.1. The average Bonchev–Trinajstić information content (AvgIpc) is 2.55. The quantitative estimate of drug-likeness (QED) is 0.660. The highest BCUT2D eigenvalue weighted by atomic mass is 79.9. The highest BCUT2D eigenvalue weighted by Gasteiger charge is 2.21. The van der Waals surface area contributed by atoms with Crippen molar-refractivity contribution in [1.29, 1.82) is 0 Å². The fourth-order valence-electron chi connectivity index (χ4n) is 1.90. The molecular weight excluding hydrogens is 374 g/mol. The van der Waals surface area contributed by atoms with Crippen LogP contribution in [0.5, 0.6) is 11.5 Å². The molecule has 1 fully saturated rings. The van der Waals surface area contributed by atoms with Crippen LogP contribution in [0, 0.1) is 0 Å². The minimum absolute atomic E-state index is 0.0145. The molecule has 0 aromatic heterocycles. The molecule has 1 atom stereocenters. The summed E-state index contributed by atoms with van der Waals surface area (Å²) in [7, 11) is 3.31. The van der Waals surface area contributed by atoms with Gasteiger partial charge in [-0.1, -0.05) is 0 Å². The molecule has 0 amide bonds. The van der Waals surface area contributed by atoms with E-state index in [1.165, 1.54) is 0 Å². The molecule has 3 N–H and O–H groups in total. The van der Waals surface area contributed by atoms with Crippen molar-refractivity contribution >= 4 is 27.9 Å². The first-order chi connectivity index (χ1) is 10.9. The van der Waals surface area contributed by atoms with E-state index in [1.54, 1.807) is 14.2 Å². The second-order valence-electron chi connectivity index (χ2n) is 4.40. The lowest BCUT2D eigenvalue weighted by atomic mass is 10.1. The smallest absolute Gasteiger partial charge is 0.414 e. The van der Waals surface area contributed by atoms with Crippen LogP contribution in [0.4, 0.5) is 0 Å². The number of nitrogens with one attached hydrogen (secondary N) is 1. The van der Waals surface area contributed by atoms with Gasteiger partial charge in [0.05, 0.1) is 31.4 Å². The molecule has 128 valence electrons. The molecule has 1 aromatic carbocycles. The Morgan fingerprint density at radius 2 is 1.83 bits per heavy atom. The maximum Gasteiger partial charge on any atom is 0.414 e. The average molecular weight is 392 g/mol. The standard InChI is InChI=1S/C12H16BrNO3.C2H2O4/c1-15-10-6-9(13)11(16-2)5-8(10)12-7-14-3-4-17-12;3-1(4)2(5)6/h5-6,12,14H,3-4,7H2,1-2H3;(H,3,4)(H,5,6). The molecule has 9 heteroatoms. The van der Waals surface area contributed by atoms with Crippen LogP contribution < -0.4 is 14.8 Å². The number of carboxylic acids is 2. The Morgan fingerprint density at radius 1 is 1.22 bits per heavy atom. The van der Waals surface area contributed by atoms with Gasteiger partial charge in [0.15, 0.2) is 0 Å². The topological polar surface area (TPSA) is 114 Å². The monoisotopic (exact) mass is 391 g/mol. The lowest BCUT2D eigenvalue weighted by molar-refractivity contribution is -0.159. The molecule has 0 saturated carbocycles. The Balaban J connectivity index is 0.000000379. The zero-order valence-electron chi connectivity index (χ0n) is 12.7. The van der Waals surface area contributed by atoms with E-state index in [-0.39, 0.29) is 6.10 Å². The van der Waals surface area contributed by atoms with Crippen molar-refractivity contribution in [1.82, 2.24) is 5.32 Å². The third-order valence-electron chi connectivity index (χ3n) is 2.96. The number of benzene rings is 1. The van der Waals surface area contributed by atoms with Crippen LogP contribution in [0.3, 0.4) is 0 Å². The Bertz CT molecular complexity index is 546. The number of carboxylic acid groups (broad SMARTS) is 2. The van der Waals surface area contributed by atoms with E-state index in [1.807, 2.05) is 12.1 Å². The van der Waals surface area contributed by atoms with Crippen molar-refractivity contribution in [2.24, 2.45) is 0 Å². The predicted octanol–water partition coefficient (Wildman–Crippen LogP) is 1.28. The number of aliphatic carboxylic acids is 2. The number of halogens is 1. The summed E-state index contributed by atoms with van der Waals surface area (Å²) in [6, 6.07) is 3.87. The first kappa shape index (κ1) is 19.2. The largest absolute Gasteiger partial charge is 0.496 e. The maximum absolute atomic E-state index is 9.10. The van der Waals surface area contributed by atoms with Gasteiger partial charge in [0.2, 0.25) is 0 Å². The summed E-state index contributed by atoms with van der Waals surface area (Å²) >= 11 is 3.44. The molecule has 0 aliphatic carbocycles. The van der Waals surface area contributed by atoms with E-state index in [9.17, 15) is 0 Å². The van der Waals surface area contributed by atoms with Gasteiger partial charge in [-0.05, 0) is 28.1 Å². The third-order valence-corrected chi connectivity index (χ3v) is 3.58. The molecule has 0 radical (unpaired) electrons. The fourth-order valence-corrected chi connectivity index (χ4v) is 2.39. The van der Waals surface area contributed by atoms with Crippen molar-refractivity contribution in [3.05, 3.63) is 22.2 Å². The van der Waals surface area contributed by atoms with Crippen LogP contribution in [0.25, 0.3) is 0 Å². The minimum Gasteiger partial charge on any atom is -0.496 e. The van der Waals surface area contributed by atoms with E-state index < -0.39 is 11.9 Å². The van der Waals surface area contributed by atoms with E-state index in [0.29, 0.717) is 6.61 Å². The van der Waals surface area contributed by atoms with Gasteiger partial charge in [0.25, 0.3) is 0 Å². The zero-order valence-corrected chi connectivity index (χ0v) is 14.3. The number of hydrogen-bond donors (Lipinski definition) is 3. The highest BCUT2D eigenvalue weighted by molar-refractivity contribution is 9.10. The molecule has 1 aliphatic heterocycles. The Kier molecular flexibility index (Phi) is 7.79. The van der Waals surface area contributed by atoms with Gasteiger partial charge in [0.1, 0.15) is 11.5 Å². The highest BCUT2D eigenvalue weighted by Crippen LogP contribution is 2.37. The lowest BCUT2D eigenvalue weighted by Gasteiger charge is -2.26. The number of ether oxygens (including phenoxy) is 3. The first-order valence-corrected chi connectivity index (χ1v) is 7.40. The molecular formula is C14H18BrNO7. The molecule has 0 bridgehead atoms. The summed E-state index contributed by atoms with van der Waals surface area (Å²) in [5.74, 6) is -2.05. The lowest BCUT2D eigenvalue weighted by Crippen LogP contribution is -2.33. The molecule has 0 spiro atoms. The molecule has 23 heavy (non-hydrogen) atoms. The van der Waals surface area contributed by atoms with Crippen LogP contribution in [0.2, 0.25) is 0 Å². The second-order valence-corrected chi connectivity index (χ2v) is 5.26. The van der Waals surface area contributed by atoms with Gasteiger partial charge < -0.3 is 29.7 Å². The van der Waals surface area contributed by atoms with Gasteiger partial charge in [-0.3, -0.25) is 0 Å². The van der Waals surface area contributed by atoms with Crippen LogP contribution in [-0.4, -0.2) is 56.1 Å². The first-order valence-electron chi connectivity index (χ1n) is 6.60. The van der Waals surface area contributed by atoms with E-state index >= 15 is 0 Å². The van der Waals surface area contributed by atoms with Crippen LogP contribution in [-0.2, 0) is 14.3 Å². The molecule has 1 aromatic rings. The van der Waals surface area contributed by atoms with Crippen molar-refractivity contribution in [2.45, 2.75) is 6.10 Å². The summed E-state index contributed by atoms with van der Waals surface area (Å²) in [6.45, 7) is 2.40. The van der Waals surface area contributed by atoms with E-state index in [4.69, 9.17) is 34.0 Å². The second kappa shape index (κ2) is 9.33. The van der Waals surface area contributed by atoms with Crippen molar-refractivity contribution in [3.63, 3.8) is 0 Å². The predicted molar refractivity (Wildman–Crippen MR) is 84.1 cm³/mol. The Hall–Kier alpha value is -1.84. The van der Waals surface area contributed by atoms with E-state index in [2.05, 4.69) is 21.2 Å². The fraction of sp³-hybridized carbons (Fsp3) is 0.429. The molecule has 1 heterocycles. The Morgan fingerprint density at radius 3 is 2.26 bits per heavy atom. The van der Waals surface area contributed by atoms with E-state index in [0.717, 1.165) is 34.6 Å². The van der Waals surface area contributed by atoms with Crippen LogP contribution in [0.1, 0.15) is 11.7 Å². The van der Waals surface area contributed by atoms with Crippen LogP contribution >= 0.6 is 15.9 Å². The van der Waals surface area contributed by atoms with Crippen molar-refractivity contribution in [3.8, 4) is 11.5 Å². The summed E-state index contributed by atoms with van der Waals surface area (Å²) in [6.07, 6.45) is 0.0145. The molecule has 1 unspecified atom stereocenters. The van der Waals surface area contributed by atoms with Gasteiger partial charge in [-0.25, -0.2) is 9.59 Å². The van der Waals surface area contributed by atoms with Gasteiger partial charge in [-0.2, -0.15) is 0 Å². The van der Waals surface area contributed by atoms with Crippen LogP contribution in [0.15, 0.2) is 16.6 Å². The van der Waals surface area contributed by atoms with Gasteiger partial charge in [-0.15, -0.1) is 0 Å². The molecule has 1 saturated heterocycles.